The third-order valence-electron chi connectivity index (χ3n) is 9.92. The molecule has 0 atom stereocenters. The molecule has 4 heterocycles. The summed E-state index contributed by atoms with van der Waals surface area (Å²) in [6.07, 6.45) is 0. The lowest BCUT2D eigenvalue weighted by molar-refractivity contribution is 0.620. The molecule has 53 heavy (non-hydrogen) atoms. The van der Waals surface area contributed by atoms with E-state index in [0.29, 0.717) is 23.5 Å². The van der Waals surface area contributed by atoms with Crippen molar-refractivity contribution in [3.05, 3.63) is 164 Å². The van der Waals surface area contributed by atoms with Crippen LogP contribution in [0.15, 0.2) is 168 Å². The van der Waals surface area contributed by atoms with Crippen LogP contribution in [0.1, 0.15) is 0 Å². The molecule has 0 bridgehead atoms. The minimum Gasteiger partial charge on any atom is -0.436 e. The molecular formula is C46H27N5OS. The summed E-state index contributed by atoms with van der Waals surface area (Å²) in [6.45, 7) is 0. The van der Waals surface area contributed by atoms with Crippen LogP contribution in [0.25, 0.3) is 104 Å². The Morgan fingerprint density at radius 3 is 2.04 bits per heavy atom. The molecule has 0 spiro atoms. The lowest BCUT2D eigenvalue weighted by Crippen LogP contribution is -2.06. The molecule has 11 aromatic rings. The maximum absolute atomic E-state index is 6.14. The van der Waals surface area contributed by atoms with E-state index in [9.17, 15) is 0 Å². The number of para-hydroxylation sites is 3. The molecular weight excluding hydrogens is 671 g/mol. The summed E-state index contributed by atoms with van der Waals surface area (Å²) in [5.74, 6) is 2.42. The van der Waals surface area contributed by atoms with Gasteiger partial charge in [-0.1, -0.05) is 115 Å². The first-order valence-electron chi connectivity index (χ1n) is 17.5. The predicted octanol–water partition coefficient (Wildman–Crippen LogP) is 12.1. The number of rotatable bonds is 5. The van der Waals surface area contributed by atoms with Gasteiger partial charge in [0.1, 0.15) is 5.52 Å². The van der Waals surface area contributed by atoms with Crippen LogP contribution in [0, 0.1) is 0 Å². The molecule has 248 valence electrons. The van der Waals surface area contributed by atoms with Gasteiger partial charge < -0.3 is 4.42 Å². The topological polar surface area (TPSA) is 69.6 Å². The van der Waals surface area contributed by atoms with Crippen molar-refractivity contribution in [2.45, 2.75) is 0 Å². The van der Waals surface area contributed by atoms with Crippen molar-refractivity contribution in [1.82, 2.24) is 24.5 Å². The number of benzene rings is 7. The summed E-state index contributed by atoms with van der Waals surface area (Å²) in [4.78, 5) is 20.4. The van der Waals surface area contributed by atoms with Gasteiger partial charge in [0.2, 0.25) is 11.8 Å². The standard InChI is InChI=1S/C46H27N5OS/c1-3-12-28(13-4-1)30-22-24-33-32-16-7-9-20-38(32)51(39(33)27-30)46-49-43(29-14-5-2-6-15-29)48-44(50-46)35-18-11-17-34-36-26-31(23-25-41(36)53-42(34)35)45-47-37-19-8-10-21-40(37)52-45/h1-27H. The minimum atomic E-state index is 0.571. The minimum absolute atomic E-state index is 0.571. The molecule has 0 aliphatic heterocycles. The molecule has 6 nitrogen and oxygen atoms in total. The van der Waals surface area contributed by atoms with Crippen molar-refractivity contribution < 1.29 is 4.42 Å². The lowest BCUT2D eigenvalue weighted by atomic mass is 10.0. The molecule has 0 radical (unpaired) electrons. The van der Waals surface area contributed by atoms with E-state index in [1.807, 2.05) is 48.5 Å². The number of nitrogens with zero attached hydrogens (tertiary/aromatic N) is 5. The zero-order valence-electron chi connectivity index (χ0n) is 28.1. The van der Waals surface area contributed by atoms with Crippen LogP contribution in [0.2, 0.25) is 0 Å². The van der Waals surface area contributed by atoms with Crippen LogP contribution >= 0.6 is 11.3 Å². The van der Waals surface area contributed by atoms with Crippen LogP contribution in [-0.4, -0.2) is 24.5 Å². The Morgan fingerprint density at radius 1 is 0.453 bits per heavy atom. The molecule has 0 unspecified atom stereocenters. The second kappa shape index (κ2) is 11.8. The summed E-state index contributed by atoms with van der Waals surface area (Å²) >= 11 is 1.74. The predicted molar refractivity (Wildman–Crippen MR) is 216 cm³/mol. The molecule has 0 fully saturated rings. The smallest absolute Gasteiger partial charge is 0.238 e. The highest BCUT2D eigenvalue weighted by atomic mass is 32.1. The van der Waals surface area contributed by atoms with E-state index >= 15 is 0 Å². The van der Waals surface area contributed by atoms with Crippen LogP contribution in [-0.2, 0) is 0 Å². The van der Waals surface area contributed by atoms with E-state index in [-0.39, 0.29) is 0 Å². The highest BCUT2D eigenvalue weighted by molar-refractivity contribution is 7.26. The highest BCUT2D eigenvalue weighted by Gasteiger charge is 2.21. The van der Waals surface area contributed by atoms with Gasteiger partial charge in [-0.3, -0.25) is 4.57 Å². The maximum atomic E-state index is 6.14. The fraction of sp³-hybridized carbons (Fsp3) is 0. The number of oxazole rings is 1. The quantitative estimate of drug-likeness (QED) is 0.179. The van der Waals surface area contributed by atoms with Gasteiger partial charge in [-0.15, -0.1) is 11.3 Å². The summed E-state index contributed by atoms with van der Waals surface area (Å²) < 4.78 is 10.6. The average molecular weight is 698 g/mol. The zero-order valence-corrected chi connectivity index (χ0v) is 29.0. The molecule has 7 heteroatoms. The average Bonchev–Trinajstić information content (AvgIpc) is 3.93. The largest absolute Gasteiger partial charge is 0.436 e. The number of fused-ring (bicyclic) bond motifs is 7. The van der Waals surface area contributed by atoms with Crippen molar-refractivity contribution in [3.8, 4) is 51.3 Å². The first kappa shape index (κ1) is 29.7. The van der Waals surface area contributed by atoms with Gasteiger partial charge in [-0.2, -0.15) is 9.97 Å². The van der Waals surface area contributed by atoms with E-state index < -0.39 is 0 Å². The number of thiophene rings is 1. The van der Waals surface area contributed by atoms with E-state index in [1.54, 1.807) is 11.3 Å². The third-order valence-corrected chi connectivity index (χ3v) is 11.1. The van der Waals surface area contributed by atoms with Gasteiger partial charge >= 0.3 is 0 Å². The summed E-state index contributed by atoms with van der Waals surface area (Å²) in [5.41, 5.74) is 8.81. The number of aromatic nitrogens is 5. The van der Waals surface area contributed by atoms with Crippen molar-refractivity contribution in [2.24, 2.45) is 0 Å². The first-order valence-corrected chi connectivity index (χ1v) is 18.3. The fourth-order valence-electron chi connectivity index (χ4n) is 7.40. The second-order valence-electron chi connectivity index (χ2n) is 13.1. The SMILES string of the molecule is c1ccc(-c2ccc3c4ccccc4n(-c4nc(-c5ccccc5)nc(-c5cccc6c5sc5ccc(-c7nc8ccccc8o7)cc56)n4)c3c2)cc1. The lowest BCUT2D eigenvalue weighted by Gasteiger charge is -2.12. The van der Waals surface area contributed by atoms with Gasteiger partial charge in [-0.25, -0.2) is 9.97 Å². The summed E-state index contributed by atoms with van der Waals surface area (Å²) in [6, 6.07) is 56.4. The Labute approximate surface area is 307 Å². The van der Waals surface area contributed by atoms with E-state index in [1.165, 1.54) is 4.70 Å². The summed E-state index contributed by atoms with van der Waals surface area (Å²) in [5, 5.41) is 4.56. The second-order valence-corrected chi connectivity index (χ2v) is 14.1. The van der Waals surface area contributed by atoms with Crippen LogP contribution in [0.5, 0.6) is 0 Å². The van der Waals surface area contributed by atoms with Crippen LogP contribution < -0.4 is 0 Å². The highest BCUT2D eigenvalue weighted by Crippen LogP contribution is 2.42. The zero-order chi connectivity index (χ0) is 34.9. The van der Waals surface area contributed by atoms with Gasteiger partial charge in [0, 0.05) is 47.6 Å². The Balaban J connectivity index is 1.14. The Bertz CT molecular complexity index is 3150. The van der Waals surface area contributed by atoms with Crippen molar-refractivity contribution in [2.75, 3.05) is 0 Å². The van der Waals surface area contributed by atoms with E-state index in [2.05, 4.69) is 120 Å². The molecule has 0 N–H and O–H groups in total. The summed E-state index contributed by atoms with van der Waals surface area (Å²) in [7, 11) is 0. The van der Waals surface area contributed by atoms with Crippen molar-refractivity contribution in [3.63, 3.8) is 0 Å². The van der Waals surface area contributed by atoms with Gasteiger partial charge in [0.05, 0.1) is 11.0 Å². The Kier molecular flexibility index (Phi) is 6.62. The molecule has 0 saturated carbocycles. The van der Waals surface area contributed by atoms with E-state index in [0.717, 1.165) is 76.2 Å². The van der Waals surface area contributed by atoms with Gasteiger partial charge in [-0.05, 0) is 59.7 Å². The first-order chi connectivity index (χ1) is 26.2. The Hall–Kier alpha value is -6.96. The van der Waals surface area contributed by atoms with Gasteiger partial charge in [0.15, 0.2) is 17.2 Å². The molecule has 0 saturated heterocycles. The monoisotopic (exact) mass is 697 g/mol. The molecule has 0 aliphatic rings. The molecule has 11 rings (SSSR count). The van der Waals surface area contributed by atoms with Crippen LogP contribution in [0.3, 0.4) is 0 Å². The number of hydrogen-bond donors (Lipinski definition) is 0. The fourth-order valence-corrected chi connectivity index (χ4v) is 8.59. The molecule has 0 amide bonds. The van der Waals surface area contributed by atoms with Crippen molar-refractivity contribution in [1.29, 1.82) is 0 Å². The van der Waals surface area contributed by atoms with Crippen LogP contribution in [0.4, 0.5) is 0 Å². The Morgan fingerprint density at radius 2 is 1.17 bits per heavy atom. The maximum Gasteiger partial charge on any atom is 0.238 e. The molecule has 4 aromatic heterocycles. The number of hydrogen-bond acceptors (Lipinski definition) is 6. The van der Waals surface area contributed by atoms with E-state index in [4.69, 9.17) is 24.4 Å². The third kappa shape index (κ3) is 4.86. The normalized spacial score (nSPS) is 11.8. The molecule has 0 aliphatic carbocycles. The van der Waals surface area contributed by atoms with Gasteiger partial charge in [0.25, 0.3) is 0 Å². The molecule has 7 aromatic carbocycles. The van der Waals surface area contributed by atoms with Crippen molar-refractivity contribution >= 4 is 64.4 Å².